The molecule has 8 nitrogen and oxygen atoms in total. The minimum Gasteiger partial charge on any atom is -0.489 e. The highest BCUT2D eigenvalue weighted by molar-refractivity contribution is 5.88. The van der Waals surface area contributed by atoms with Crippen LogP contribution in [0, 0.1) is 17.3 Å². The predicted molar refractivity (Wildman–Crippen MR) is 148 cm³/mol. The van der Waals surface area contributed by atoms with Gasteiger partial charge in [-0.3, -0.25) is 9.59 Å². The quantitative estimate of drug-likeness (QED) is 0.197. The normalized spacial score (nSPS) is 34.9. The van der Waals surface area contributed by atoms with E-state index in [0.717, 1.165) is 24.0 Å². The summed E-state index contributed by atoms with van der Waals surface area (Å²) in [6, 6.07) is 5.73. The van der Waals surface area contributed by atoms with Crippen molar-refractivity contribution >= 4 is 17.4 Å². The third-order valence-corrected chi connectivity index (χ3v) is 8.39. The molecule has 1 aromatic carbocycles. The highest BCUT2D eigenvalue weighted by Gasteiger charge is 2.47. The van der Waals surface area contributed by atoms with E-state index in [0.29, 0.717) is 17.9 Å². The SMILES string of the molecule is CCC(C)Oc1ccc([C@@H]2C/C=C(/C)CC3NC3[C@H](C)[C@H](O)[C@@H](C)C(=O)C(C)(C)[C@@H](O)CC(=O)O2)cc1N. The number of esters is 1. The summed E-state index contributed by atoms with van der Waals surface area (Å²) in [5.41, 5.74) is 7.37. The highest BCUT2D eigenvalue weighted by Crippen LogP contribution is 2.36. The maximum atomic E-state index is 13.3. The number of hydrogen-bond donors (Lipinski definition) is 4. The molecule has 1 saturated heterocycles. The number of aliphatic hydroxyl groups is 2. The van der Waals surface area contributed by atoms with Crippen LogP contribution in [0.3, 0.4) is 0 Å². The minimum atomic E-state index is -1.26. The van der Waals surface area contributed by atoms with Crippen molar-refractivity contribution in [3.63, 3.8) is 0 Å². The number of hydrogen-bond acceptors (Lipinski definition) is 8. The van der Waals surface area contributed by atoms with E-state index in [1.165, 1.54) is 0 Å². The lowest BCUT2D eigenvalue weighted by Gasteiger charge is -2.34. The van der Waals surface area contributed by atoms with Crippen molar-refractivity contribution in [1.29, 1.82) is 0 Å². The summed E-state index contributed by atoms with van der Waals surface area (Å²) in [5.74, 6) is -1.12. The van der Waals surface area contributed by atoms with Gasteiger partial charge >= 0.3 is 5.97 Å². The van der Waals surface area contributed by atoms with E-state index in [1.54, 1.807) is 32.9 Å². The van der Waals surface area contributed by atoms with Crippen molar-refractivity contribution < 1.29 is 29.3 Å². The Balaban J connectivity index is 1.90. The molecule has 0 saturated carbocycles. The van der Waals surface area contributed by atoms with Gasteiger partial charge in [-0.1, -0.05) is 52.3 Å². The molecule has 2 aliphatic heterocycles. The molecule has 3 rings (SSSR count). The lowest BCUT2D eigenvalue weighted by atomic mass is 9.73. The molecule has 212 valence electrons. The first-order valence-electron chi connectivity index (χ1n) is 13.8. The summed E-state index contributed by atoms with van der Waals surface area (Å²) >= 11 is 0. The van der Waals surface area contributed by atoms with Crippen LogP contribution in [0.1, 0.15) is 85.8 Å². The molecule has 0 bridgehead atoms. The Morgan fingerprint density at radius 2 is 1.89 bits per heavy atom. The summed E-state index contributed by atoms with van der Waals surface area (Å²) in [6.45, 7) is 12.9. The number of nitrogens with one attached hydrogen (secondary N) is 1. The van der Waals surface area contributed by atoms with Crippen LogP contribution < -0.4 is 15.8 Å². The van der Waals surface area contributed by atoms with Crippen LogP contribution in [0.25, 0.3) is 0 Å². The number of carbonyl (C=O) groups is 2. The Hall–Kier alpha value is -2.42. The molecule has 0 radical (unpaired) electrons. The van der Waals surface area contributed by atoms with Crippen LogP contribution >= 0.6 is 0 Å². The van der Waals surface area contributed by atoms with Crippen molar-refractivity contribution in [2.45, 2.75) is 111 Å². The van der Waals surface area contributed by atoms with Gasteiger partial charge in [-0.2, -0.15) is 0 Å². The van der Waals surface area contributed by atoms with E-state index in [4.69, 9.17) is 15.2 Å². The van der Waals surface area contributed by atoms with Crippen molar-refractivity contribution in [2.75, 3.05) is 5.73 Å². The van der Waals surface area contributed by atoms with Gasteiger partial charge in [0.05, 0.1) is 35.8 Å². The standard InChI is InChI=1S/C30H46N2O6/c1-8-17(3)37-24-12-10-20(14-21(24)31)23-11-9-16(2)13-22-27(32-22)18(4)28(35)19(5)29(36)30(6,7)25(33)15-26(34)38-23/h9-10,12,14,17-19,22-23,25,27-28,32-33,35H,8,11,13,15,31H2,1-7H3/b16-9-/t17?,18-,19+,22?,23-,25-,27?,28-/m0/s1. The Morgan fingerprint density at radius 3 is 2.53 bits per heavy atom. The summed E-state index contributed by atoms with van der Waals surface area (Å²) in [4.78, 5) is 26.3. The van der Waals surface area contributed by atoms with Gasteiger partial charge in [0.15, 0.2) is 0 Å². The average molecular weight is 531 g/mol. The third-order valence-electron chi connectivity index (χ3n) is 8.39. The van der Waals surface area contributed by atoms with Gasteiger partial charge in [0.1, 0.15) is 17.6 Å². The number of nitrogen functional groups attached to an aromatic ring is 1. The minimum absolute atomic E-state index is 0.0214. The van der Waals surface area contributed by atoms with E-state index in [2.05, 4.69) is 11.4 Å². The topological polar surface area (TPSA) is 141 Å². The molecular formula is C30H46N2O6. The first-order chi connectivity index (χ1) is 17.8. The van der Waals surface area contributed by atoms with Crippen molar-refractivity contribution in [1.82, 2.24) is 5.32 Å². The Labute approximate surface area is 227 Å². The van der Waals surface area contributed by atoms with Gasteiger partial charge in [-0.15, -0.1) is 0 Å². The number of cyclic esters (lactones) is 1. The molecule has 2 heterocycles. The van der Waals surface area contributed by atoms with Gasteiger partial charge in [0, 0.05) is 24.4 Å². The van der Waals surface area contributed by atoms with Gasteiger partial charge in [0.25, 0.3) is 0 Å². The van der Waals surface area contributed by atoms with Crippen LogP contribution in [0.2, 0.25) is 0 Å². The molecule has 8 atom stereocenters. The second-order valence-corrected chi connectivity index (χ2v) is 11.8. The zero-order chi connectivity index (χ0) is 28.4. The lowest BCUT2D eigenvalue weighted by molar-refractivity contribution is -0.155. The van der Waals surface area contributed by atoms with E-state index < -0.39 is 35.6 Å². The fraction of sp³-hybridized carbons (Fsp3) is 0.667. The number of ether oxygens (including phenoxy) is 2. The molecule has 38 heavy (non-hydrogen) atoms. The van der Waals surface area contributed by atoms with E-state index in [9.17, 15) is 19.8 Å². The molecule has 0 spiro atoms. The molecular weight excluding hydrogens is 484 g/mol. The molecule has 2 aliphatic rings. The Bertz CT molecular complexity index is 1040. The van der Waals surface area contributed by atoms with E-state index >= 15 is 0 Å². The molecule has 8 heteroatoms. The summed E-state index contributed by atoms with van der Waals surface area (Å²) in [6.07, 6.45) is 1.09. The van der Waals surface area contributed by atoms with Crippen molar-refractivity contribution in [3.8, 4) is 5.75 Å². The molecule has 1 fully saturated rings. The lowest BCUT2D eigenvalue weighted by Crippen LogP contribution is -2.46. The zero-order valence-electron chi connectivity index (χ0n) is 23.9. The van der Waals surface area contributed by atoms with Crippen molar-refractivity contribution in [3.05, 3.63) is 35.4 Å². The van der Waals surface area contributed by atoms with Crippen LogP contribution in [0.5, 0.6) is 5.75 Å². The monoisotopic (exact) mass is 530 g/mol. The van der Waals surface area contributed by atoms with Gasteiger partial charge in [-0.05, 0) is 50.3 Å². The summed E-state index contributed by atoms with van der Waals surface area (Å²) in [5, 5.41) is 25.3. The van der Waals surface area contributed by atoms with Gasteiger partial charge < -0.3 is 30.7 Å². The zero-order valence-corrected chi connectivity index (χ0v) is 23.9. The molecule has 0 aliphatic carbocycles. The highest BCUT2D eigenvalue weighted by atomic mass is 16.5. The second-order valence-electron chi connectivity index (χ2n) is 11.8. The van der Waals surface area contributed by atoms with Gasteiger partial charge in [0.2, 0.25) is 0 Å². The third kappa shape index (κ3) is 6.96. The first-order valence-corrected chi connectivity index (χ1v) is 13.8. The molecule has 1 aromatic rings. The van der Waals surface area contributed by atoms with E-state index in [1.807, 2.05) is 33.8 Å². The number of Topliss-reactive ketones (excluding diaryl/α,β-unsaturated/α-hetero) is 1. The van der Waals surface area contributed by atoms with Crippen LogP contribution in [0.15, 0.2) is 29.8 Å². The number of fused-ring (bicyclic) bond motifs is 1. The number of nitrogens with two attached hydrogens (primary N) is 1. The van der Waals surface area contributed by atoms with Crippen LogP contribution in [-0.2, 0) is 14.3 Å². The number of benzene rings is 1. The summed E-state index contributed by atoms with van der Waals surface area (Å²) in [7, 11) is 0. The second kappa shape index (κ2) is 12.2. The number of aliphatic hydroxyl groups excluding tert-OH is 2. The van der Waals surface area contributed by atoms with Crippen LogP contribution in [-0.4, -0.2) is 52.4 Å². The smallest absolute Gasteiger partial charge is 0.309 e. The largest absolute Gasteiger partial charge is 0.489 e. The molecule has 5 N–H and O–H groups in total. The first kappa shape index (κ1) is 30.1. The average Bonchev–Trinajstić information content (AvgIpc) is 3.63. The Morgan fingerprint density at radius 1 is 1.21 bits per heavy atom. The number of carbonyl (C=O) groups excluding carboxylic acids is 2. The van der Waals surface area contributed by atoms with Crippen molar-refractivity contribution in [2.24, 2.45) is 17.3 Å². The molecule has 0 amide bonds. The fourth-order valence-electron chi connectivity index (χ4n) is 5.25. The number of anilines is 1. The summed E-state index contributed by atoms with van der Waals surface area (Å²) < 4.78 is 11.8. The maximum Gasteiger partial charge on any atom is 0.309 e. The van der Waals surface area contributed by atoms with Crippen LogP contribution in [0.4, 0.5) is 5.69 Å². The molecule has 3 unspecified atom stereocenters. The Kier molecular flexibility index (Phi) is 9.66. The number of rotatable bonds is 4. The molecule has 0 aromatic heterocycles. The maximum absolute atomic E-state index is 13.3. The van der Waals surface area contributed by atoms with Gasteiger partial charge in [-0.25, -0.2) is 0 Å². The van der Waals surface area contributed by atoms with E-state index in [-0.39, 0.29) is 36.3 Å². The number of ketones is 1. The predicted octanol–water partition coefficient (Wildman–Crippen LogP) is 4.09. The fourth-order valence-corrected chi connectivity index (χ4v) is 5.25.